The number of hydrogen-bond donors (Lipinski definition) is 1. The summed E-state index contributed by atoms with van der Waals surface area (Å²) in [6.45, 7) is 8.18. The molecule has 0 aromatic heterocycles. The van der Waals surface area contributed by atoms with Gasteiger partial charge < -0.3 is 5.32 Å². The maximum absolute atomic E-state index is 12.3. The molecule has 1 N–H and O–H groups in total. The first-order valence-corrected chi connectivity index (χ1v) is 7.86. The quantitative estimate of drug-likeness (QED) is 0.603. The molecule has 0 fully saturated rings. The summed E-state index contributed by atoms with van der Waals surface area (Å²) in [5, 5.41) is 3.40. The molecule has 0 spiro atoms. The molecular weight excluding hydrogens is 308 g/mol. The highest BCUT2D eigenvalue weighted by Crippen LogP contribution is 2.22. The van der Waals surface area contributed by atoms with Crippen LogP contribution >= 0.6 is 11.6 Å². The van der Waals surface area contributed by atoms with Gasteiger partial charge in [0.05, 0.1) is 5.69 Å². The van der Waals surface area contributed by atoms with Crippen molar-refractivity contribution in [3.63, 3.8) is 0 Å². The van der Waals surface area contributed by atoms with Gasteiger partial charge in [-0.05, 0) is 48.2 Å². The summed E-state index contributed by atoms with van der Waals surface area (Å²) in [6, 6.07) is 14.8. The first-order chi connectivity index (χ1) is 10.8. The molecule has 2 aromatic rings. The molecule has 0 unspecified atom stereocenters. The molecule has 4 heteroatoms. The summed E-state index contributed by atoms with van der Waals surface area (Å²) >= 11 is 5.92. The van der Waals surface area contributed by atoms with E-state index in [4.69, 9.17) is 11.6 Å². The lowest BCUT2D eigenvalue weighted by Gasteiger charge is -2.19. The van der Waals surface area contributed by atoms with Gasteiger partial charge in [0.15, 0.2) is 0 Å². The van der Waals surface area contributed by atoms with Gasteiger partial charge in [-0.2, -0.15) is 0 Å². The third kappa shape index (κ3) is 4.93. The van der Waals surface area contributed by atoms with Gasteiger partial charge in [-0.25, -0.2) is 4.99 Å². The fourth-order valence-electron chi connectivity index (χ4n) is 2.13. The van der Waals surface area contributed by atoms with E-state index in [2.05, 4.69) is 31.1 Å². The van der Waals surface area contributed by atoms with Crippen molar-refractivity contribution in [1.29, 1.82) is 0 Å². The Balaban J connectivity index is 2.09. The molecule has 0 saturated heterocycles. The Kier molecular flexibility index (Phi) is 5.22. The third-order valence-corrected chi connectivity index (χ3v) is 3.65. The van der Waals surface area contributed by atoms with Crippen LogP contribution in [0.5, 0.6) is 0 Å². The van der Waals surface area contributed by atoms with Gasteiger partial charge in [0.1, 0.15) is 5.84 Å². The van der Waals surface area contributed by atoms with E-state index in [9.17, 15) is 4.79 Å². The molecule has 0 atom stereocenters. The van der Waals surface area contributed by atoms with E-state index >= 15 is 0 Å². The summed E-state index contributed by atoms with van der Waals surface area (Å²) in [5.41, 5.74) is 2.58. The predicted molar refractivity (Wildman–Crippen MR) is 96.8 cm³/mol. The maximum atomic E-state index is 12.3. The molecule has 0 aliphatic carbocycles. The van der Waals surface area contributed by atoms with E-state index < -0.39 is 0 Å². The Morgan fingerprint density at radius 3 is 2.30 bits per heavy atom. The number of halogens is 1. The minimum Gasteiger partial charge on any atom is -0.310 e. The Morgan fingerprint density at radius 2 is 1.74 bits per heavy atom. The van der Waals surface area contributed by atoms with E-state index in [1.807, 2.05) is 36.4 Å². The second-order valence-corrected chi connectivity index (χ2v) is 6.89. The lowest BCUT2D eigenvalue weighted by Crippen LogP contribution is -2.28. The van der Waals surface area contributed by atoms with Crippen molar-refractivity contribution in [3.8, 4) is 0 Å². The number of nitrogens with zero attached hydrogens (tertiary/aromatic N) is 1. The van der Waals surface area contributed by atoms with Crippen molar-refractivity contribution in [2.75, 3.05) is 0 Å². The Morgan fingerprint density at radius 1 is 1.09 bits per heavy atom. The summed E-state index contributed by atoms with van der Waals surface area (Å²) in [4.78, 5) is 16.6. The maximum Gasteiger partial charge on any atom is 0.256 e. The van der Waals surface area contributed by atoms with Gasteiger partial charge in [-0.3, -0.25) is 4.79 Å². The smallest absolute Gasteiger partial charge is 0.256 e. The molecule has 1 amide bonds. The van der Waals surface area contributed by atoms with Crippen LogP contribution < -0.4 is 5.32 Å². The normalized spacial score (nSPS) is 12.1. The van der Waals surface area contributed by atoms with Gasteiger partial charge in [-0.1, -0.05) is 50.6 Å². The van der Waals surface area contributed by atoms with Crippen LogP contribution in [0.25, 0.3) is 0 Å². The number of nitrogens with one attached hydrogen (secondary N) is 1. The number of amidine groups is 1. The summed E-state index contributed by atoms with van der Waals surface area (Å²) < 4.78 is 0. The largest absolute Gasteiger partial charge is 0.310 e. The van der Waals surface area contributed by atoms with Crippen LogP contribution in [0, 0.1) is 0 Å². The van der Waals surface area contributed by atoms with Gasteiger partial charge in [0.25, 0.3) is 5.91 Å². The zero-order valence-corrected chi connectivity index (χ0v) is 14.6. The van der Waals surface area contributed by atoms with E-state index in [1.54, 1.807) is 19.1 Å². The second-order valence-electron chi connectivity index (χ2n) is 6.46. The van der Waals surface area contributed by atoms with Crippen molar-refractivity contribution in [1.82, 2.24) is 5.32 Å². The molecule has 0 heterocycles. The molecule has 0 bridgehead atoms. The monoisotopic (exact) mass is 328 g/mol. The molecule has 0 aliphatic rings. The van der Waals surface area contributed by atoms with Crippen LogP contribution in [-0.4, -0.2) is 11.7 Å². The number of amides is 1. The van der Waals surface area contributed by atoms with E-state index in [-0.39, 0.29) is 11.3 Å². The predicted octanol–water partition coefficient (Wildman–Crippen LogP) is 5.12. The van der Waals surface area contributed by atoms with E-state index in [0.717, 1.165) is 0 Å². The van der Waals surface area contributed by atoms with Crippen molar-refractivity contribution >= 4 is 29.0 Å². The number of benzene rings is 2. The first-order valence-electron chi connectivity index (χ1n) is 7.48. The summed E-state index contributed by atoms with van der Waals surface area (Å²) in [5.74, 6) is 0.353. The summed E-state index contributed by atoms with van der Waals surface area (Å²) in [6.07, 6.45) is 0. The average molecular weight is 329 g/mol. The molecule has 3 nitrogen and oxygen atoms in total. The Bertz CT molecular complexity index is 728. The topological polar surface area (TPSA) is 41.5 Å². The number of aliphatic imine (C=N–C) groups is 1. The van der Waals surface area contributed by atoms with Crippen LogP contribution in [0.2, 0.25) is 5.02 Å². The highest BCUT2D eigenvalue weighted by atomic mass is 35.5. The Labute approximate surface area is 142 Å². The van der Waals surface area contributed by atoms with E-state index in [0.29, 0.717) is 22.1 Å². The molecular formula is C19H21ClN2O. The second kappa shape index (κ2) is 6.97. The molecule has 0 aliphatic heterocycles. The number of carbonyl (C=O) groups excluding carboxylic acids is 1. The average Bonchev–Trinajstić information content (AvgIpc) is 2.46. The van der Waals surface area contributed by atoms with Crippen LogP contribution in [0.15, 0.2) is 53.5 Å². The first kappa shape index (κ1) is 17.2. The molecule has 0 radical (unpaired) electrons. The van der Waals surface area contributed by atoms with Crippen molar-refractivity contribution < 1.29 is 4.79 Å². The molecule has 0 saturated carbocycles. The fraction of sp³-hybridized carbons (Fsp3) is 0.263. The highest BCUT2D eigenvalue weighted by molar-refractivity contribution is 6.30. The lowest BCUT2D eigenvalue weighted by atomic mass is 9.87. The standard InChI is InChI=1S/C19H21ClN2O/c1-13(21-17-7-5-6-16(20)12-17)22-18(23)14-8-10-15(11-9-14)19(2,3)4/h5-12H,1-4H3,(H,21,22,23). The molecule has 23 heavy (non-hydrogen) atoms. The molecule has 2 aromatic carbocycles. The van der Waals surface area contributed by atoms with Crippen LogP contribution in [0.1, 0.15) is 43.6 Å². The Hall–Kier alpha value is -2.13. The van der Waals surface area contributed by atoms with E-state index in [1.165, 1.54) is 5.56 Å². The molecule has 2 rings (SSSR count). The lowest BCUT2D eigenvalue weighted by molar-refractivity contribution is 0.0977. The minimum absolute atomic E-state index is 0.0684. The van der Waals surface area contributed by atoms with Gasteiger partial charge >= 0.3 is 0 Å². The van der Waals surface area contributed by atoms with Crippen LogP contribution in [-0.2, 0) is 5.41 Å². The zero-order chi connectivity index (χ0) is 17.0. The van der Waals surface area contributed by atoms with Crippen molar-refractivity contribution in [3.05, 3.63) is 64.7 Å². The fourth-order valence-corrected chi connectivity index (χ4v) is 2.31. The van der Waals surface area contributed by atoms with Crippen LogP contribution in [0.4, 0.5) is 5.69 Å². The van der Waals surface area contributed by atoms with Gasteiger partial charge in [0, 0.05) is 10.6 Å². The summed E-state index contributed by atoms with van der Waals surface area (Å²) in [7, 11) is 0. The third-order valence-electron chi connectivity index (χ3n) is 3.41. The highest BCUT2D eigenvalue weighted by Gasteiger charge is 2.14. The number of hydrogen-bond acceptors (Lipinski definition) is 2. The van der Waals surface area contributed by atoms with Crippen molar-refractivity contribution in [2.24, 2.45) is 4.99 Å². The number of rotatable bonds is 2. The minimum atomic E-state index is -0.172. The SMILES string of the molecule is CC(=Nc1cccc(Cl)c1)NC(=O)c1ccc(C(C)(C)C)cc1. The van der Waals surface area contributed by atoms with Crippen molar-refractivity contribution in [2.45, 2.75) is 33.1 Å². The number of carbonyl (C=O) groups is 1. The van der Waals surface area contributed by atoms with Gasteiger partial charge in [0.2, 0.25) is 0 Å². The van der Waals surface area contributed by atoms with Gasteiger partial charge in [-0.15, -0.1) is 0 Å². The van der Waals surface area contributed by atoms with Crippen LogP contribution in [0.3, 0.4) is 0 Å². The molecule has 120 valence electrons. The zero-order valence-electron chi connectivity index (χ0n) is 13.9.